The number of nitriles is 1. The highest BCUT2D eigenvalue weighted by atomic mass is 32.2. The Morgan fingerprint density at radius 1 is 1.44 bits per heavy atom. The van der Waals surface area contributed by atoms with Crippen molar-refractivity contribution in [2.45, 2.75) is 18.2 Å². The number of rotatable bonds is 6. The van der Waals surface area contributed by atoms with Crippen molar-refractivity contribution in [2.24, 2.45) is 0 Å². The smallest absolute Gasteiger partial charge is 0.245 e. The van der Waals surface area contributed by atoms with Gasteiger partial charge in [-0.05, 0) is 6.92 Å². The van der Waals surface area contributed by atoms with E-state index in [1.165, 1.54) is 19.4 Å². The molecule has 1 aromatic rings. The van der Waals surface area contributed by atoms with E-state index in [1.54, 1.807) is 0 Å². The molecule has 0 amide bonds. The predicted molar refractivity (Wildman–Crippen MR) is 66.2 cm³/mol. The first-order valence-corrected chi connectivity index (χ1v) is 6.85. The molecule has 1 aromatic heterocycles. The topological polar surface area (TPSA) is 99.0 Å². The first kappa shape index (κ1) is 14.3. The van der Waals surface area contributed by atoms with Crippen LogP contribution >= 0.6 is 0 Å². The van der Waals surface area contributed by atoms with Gasteiger partial charge in [-0.25, -0.2) is 18.4 Å². The standard InChI is InChI=1S/C10H15N5O2S/c1-3-12-10-13-7-9(8-14-10)18(16,17)15(2)6-4-5-11/h7-8H,3-4,6H2,1-2H3,(H,12,13,14). The molecule has 7 nitrogen and oxygen atoms in total. The molecule has 0 bridgehead atoms. The summed E-state index contributed by atoms with van der Waals surface area (Å²) in [5, 5.41) is 11.3. The van der Waals surface area contributed by atoms with Crippen molar-refractivity contribution in [2.75, 3.05) is 25.5 Å². The van der Waals surface area contributed by atoms with Gasteiger partial charge in [0.25, 0.3) is 0 Å². The molecule has 0 aliphatic carbocycles. The Hall–Kier alpha value is -1.72. The molecule has 0 aliphatic rings. The Morgan fingerprint density at radius 2 is 2.06 bits per heavy atom. The molecule has 0 aliphatic heterocycles. The van der Waals surface area contributed by atoms with Crippen LogP contribution in [0.25, 0.3) is 0 Å². The lowest BCUT2D eigenvalue weighted by Gasteiger charge is -2.15. The first-order valence-electron chi connectivity index (χ1n) is 5.41. The van der Waals surface area contributed by atoms with E-state index in [1.807, 2.05) is 13.0 Å². The third-order valence-corrected chi connectivity index (χ3v) is 4.02. The van der Waals surface area contributed by atoms with Gasteiger partial charge < -0.3 is 5.32 Å². The minimum atomic E-state index is -3.61. The average molecular weight is 269 g/mol. The zero-order chi connectivity index (χ0) is 13.6. The largest absolute Gasteiger partial charge is 0.355 e. The van der Waals surface area contributed by atoms with E-state index in [0.717, 1.165) is 4.31 Å². The SMILES string of the molecule is CCNc1ncc(S(=O)(=O)N(C)CCC#N)cn1. The molecule has 0 radical (unpaired) electrons. The van der Waals surface area contributed by atoms with Crippen molar-refractivity contribution < 1.29 is 8.42 Å². The van der Waals surface area contributed by atoms with Gasteiger partial charge in [0.1, 0.15) is 4.90 Å². The lowest BCUT2D eigenvalue weighted by atomic mass is 10.5. The Balaban J connectivity index is 2.88. The summed E-state index contributed by atoms with van der Waals surface area (Å²) in [4.78, 5) is 7.83. The number of hydrogen-bond donors (Lipinski definition) is 1. The summed E-state index contributed by atoms with van der Waals surface area (Å²) in [5.41, 5.74) is 0. The van der Waals surface area contributed by atoms with Crippen LogP contribution in [0.1, 0.15) is 13.3 Å². The van der Waals surface area contributed by atoms with Crippen LogP contribution < -0.4 is 5.32 Å². The normalized spacial score (nSPS) is 11.2. The third-order valence-electron chi connectivity index (χ3n) is 2.21. The van der Waals surface area contributed by atoms with Gasteiger partial charge in [-0.3, -0.25) is 0 Å². The molecule has 1 heterocycles. The van der Waals surface area contributed by atoms with Crippen molar-refractivity contribution in [3.05, 3.63) is 12.4 Å². The predicted octanol–water partition coefficient (Wildman–Crippen LogP) is 0.443. The minimum absolute atomic E-state index is 0.0181. The maximum atomic E-state index is 12.0. The van der Waals surface area contributed by atoms with Gasteiger partial charge in [-0.1, -0.05) is 0 Å². The monoisotopic (exact) mass is 269 g/mol. The highest BCUT2D eigenvalue weighted by Gasteiger charge is 2.21. The van der Waals surface area contributed by atoms with Gasteiger partial charge in [-0.2, -0.15) is 9.57 Å². The molecule has 0 aromatic carbocycles. The third kappa shape index (κ3) is 3.38. The summed E-state index contributed by atoms with van der Waals surface area (Å²) in [5.74, 6) is 0.385. The van der Waals surface area contributed by atoms with E-state index < -0.39 is 10.0 Å². The summed E-state index contributed by atoms with van der Waals surface area (Å²) >= 11 is 0. The molecule has 1 N–H and O–H groups in total. The number of nitrogens with zero attached hydrogens (tertiary/aromatic N) is 4. The Bertz CT molecular complexity index is 520. The zero-order valence-electron chi connectivity index (χ0n) is 10.3. The van der Waals surface area contributed by atoms with Gasteiger partial charge >= 0.3 is 0 Å². The number of aromatic nitrogens is 2. The quantitative estimate of drug-likeness (QED) is 0.804. The highest BCUT2D eigenvalue weighted by molar-refractivity contribution is 7.89. The van der Waals surface area contributed by atoms with E-state index in [4.69, 9.17) is 5.26 Å². The summed E-state index contributed by atoms with van der Waals surface area (Å²) < 4.78 is 25.2. The number of hydrogen-bond acceptors (Lipinski definition) is 6. The minimum Gasteiger partial charge on any atom is -0.355 e. The van der Waals surface area contributed by atoms with Crippen molar-refractivity contribution in [3.63, 3.8) is 0 Å². The second-order valence-electron chi connectivity index (χ2n) is 3.51. The maximum absolute atomic E-state index is 12.0. The van der Waals surface area contributed by atoms with E-state index in [2.05, 4.69) is 15.3 Å². The Labute approximate surface area is 107 Å². The molecular formula is C10H15N5O2S. The van der Waals surface area contributed by atoms with Crippen LogP contribution in [-0.4, -0.2) is 42.8 Å². The van der Waals surface area contributed by atoms with Crippen LogP contribution in [0, 0.1) is 11.3 Å². The number of nitrogens with one attached hydrogen (secondary N) is 1. The van der Waals surface area contributed by atoms with Gasteiger partial charge in [0.2, 0.25) is 16.0 Å². The van der Waals surface area contributed by atoms with Crippen molar-refractivity contribution in [1.82, 2.24) is 14.3 Å². The van der Waals surface area contributed by atoms with E-state index in [9.17, 15) is 8.42 Å². The molecule has 0 saturated heterocycles. The highest BCUT2D eigenvalue weighted by Crippen LogP contribution is 2.13. The average Bonchev–Trinajstić information content (AvgIpc) is 2.37. The molecule has 8 heteroatoms. The summed E-state index contributed by atoms with van der Waals surface area (Å²) in [7, 11) is -2.19. The van der Waals surface area contributed by atoms with Crippen LogP contribution in [0.3, 0.4) is 0 Å². The Morgan fingerprint density at radius 3 is 2.56 bits per heavy atom. The second-order valence-corrected chi connectivity index (χ2v) is 5.55. The molecule has 98 valence electrons. The molecule has 0 atom stereocenters. The van der Waals surface area contributed by atoms with Crippen LogP contribution in [0.4, 0.5) is 5.95 Å². The fraction of sp³-hybridized carbons (Fsp3) is 0.500. The van der Waals surface area contributed by atoms with E-state index in [-0.39, 0.29) is 17.9 Å². The molecule has 0 fully saturated rings. The number of anilines is 1. The fourth-order valence-electron chi connectivity index (χ4n) is 1.21. The van der Waals surface area contributed by atoms with Crippen molar-refractivity contribution in [1.29, 1.82) is 5.26 Å². The Kier molecular flexibility index (Phi) is 5.00. The maximum Gasteiger partial charge on any atom is 0.245 e. The van der Waals surface area contributed by atoms with Crippen molar-refractivity contribution >= 4 is 16.0 Å². The summed E-state index contributed by atoms with van der Waals surface area (Å²) in [6, 6.07) is 1.90. The lowest BCUT2D eigenvalue weighted by molar-refractivity contribution is 0.476. The molecule has 1 rings (SSSR count). The molecule has 18 heavy (non-hydrogen) atoms. The van der Waals surface area contributed by atoms with Crippen LogP contribution in [-0.2, 0) is 10.0 Å². The van der Waals surface area contributed by atoms with Gasteiger partial charge in [0, 0.05) is 26.6 Å². The zero-order valence-corrected chi connectivity index (χ0v) is 11.1. The van der Waals surface area contributed by atoms with Gasteiger partial charge in [0.05, 0.1) is 18.5 Å². The first-order chi connectivity index (χ1) is 8.52. The van der Waals surface area contributed by atoms with Crippen LogP contribution in [0.2, 0.25) is 0 Å². The van der Waals surface area contributed by atoms with Crippen LogP contribution in [0.5, 0.6) is 0 Å². The number of sulfonamides is 1. The van der Waals surface area contributed by atoms with Gasteiger partial charge in [-0.15, -0.1) is 0 Å². The second kappa shape index (κ2) is 6.28. The van der Waals surface area contributed by atoms with Gasteiger partial charge in [0.15, 0.2) is 0 Å². The summed E-state index contributed by atoms with van der Waals surface area (Å²) in [6.07, 6.45) is 2.65. The fourth-order valence-corrected chi connectivity index (χ4v) is 2.27. The lowest BCUT2D eigenvalue weighted by Crippen LogP contribution is -2.28. The molecular weight excluding hydrogens is 254 g/mol. The molecule has 0 spiro atoms. The van der Waals surface area contributed by atoms with Crippen molar-refractivity contribution in [3.8, 4) is 6.07 Å². The molecule has 0 unspecified atom stereocenters. The molecule has 0 saturated carbocycles. The van der Waals surface area contributed by atoms with E-state index >= 15 is 0 Å². The van der Waals surface area contributed by atoms with E-state index in [0.29, 0.717) is 12.5 Å². The summed E-state index contributed by atoms with van der Waals surface area (Å²) in [6.45, 7) is 2.70. The van der Waals surface area contributed by atoms with Crippen LogP contribution in [0.15, 0.2) is 17.3 Å².